The molecule has 5 nitrogen and oxygen atoms in total. The van der Waals surface area contributed by atoms with E-state index in [2.05, 4.69) is 33.9 Å². The van der Waals surface area contributed by atoms with Gasteiger partial charge in [0.15, 0.2) is 0 Å². The molecule has 2 aliphatic rings. The van der Waals surface area contributed by atoms with Gasteiger partial charge in [-0.1, -0.05) is 12.1 Å². The summed E-state index contributed by atoms with van der Waals surface area (Å²) in [4.78, 5) is 23.0. The van der Waals surface area contributed by atoms with Crippen molar-refractivity contribution in [3.63, 3.8) is 0 Å². The Balaban J connectivity index is 1.27. The maximum Gasteiger partial charge on any atom is 0.251 e. The fourth-order valence-electron chi connectivity index (χ4n) is 4.65. The van der Waals surface area contributed by atoms with Gasteiger partial charge < -0.3 is 11.1 Å². The first-order valence-corrected chi connectivity index (χ1v) is 11.3. The van der Waals surface area contributed by atoms with Gasteiger partial charge in [0.2, 0.25) is 0 Å². The van der Waals surface area contributed by atoms with E-state index in [0.29, 0.717) is 11.8 Å². The maximum absolute atomic E-state index is 12.6. The summed E-state index contributed by atoms with van der Waals surface area (Å²) in [5.41, 5.74) is 9.22. The van der Waals surface area contributed by atoms with Crippen LogP contribution in [-0.4, -0.2) is 28.0 Å². The molecule has 2 heterocycles. The van der Waals surface area contributed by atoms with E-state index in [1.165, 1.54) is 16.6 Å². The molecule has 2 saturated carbocycles. The largest absolute Gasteiger partial charge is 0.349 e. The molecule has 0 aliphatic heterocycles. The number of fused-ring (bicyclic) bond motifs is 1. The van der Waals surface area contributed by atoms with Crippen LogP contribution in [0, 0.1) is 6.92 Å². The smallest absolute Gasteiger partial charge is 0.251 e. The molecule has 1 amide bonds. The van der Waals surface area contributed by atoms with Gasteiger partial charge in [-0.05, 0) is 74.1 Å². The topological polar surface area (TPSA) is 80.9 Å². The van der Waals surface area contributed by atoms with Gasteiger partial charge in [0, 0.05) is 29.0 Å². The highest BCUT2D eigenvalue weighted by Gasteiger charge is 2.41. The summed E-state index contributed by atoms with van der Waals surface area (Å²) in [5.74, 6) is 1.77. The lowest BCUT2D eigenvalue weighted by Crippen LogP contribution is -2.42. The van der Waals surface area contributed by atoms with E-state index in [-0.39, 0.29) is 18.0 Å². The van der Waals surface area contributed by atoms with E-state index < -0.39 is 0 Å². The van der Waals surface area contributed by atoms with Gasteiger partial charge in [-0.15, -0.1) is 11.3 Å². The van der Waals surface area contributed by atoms with Crippen molar-refractivity contribution in [2.24, 2.45) is 5.73 Å². The van der Waals surface area contributed by atoms with Crippen molar-refractivity contribution in [2.45, 2.75) is 62.9 Å². The molecule has 3 N–H and O–H groups in total. The molecule has 6 heteroatoms. The molecule has 29 heavy (non-hydrogen) atoms. The zero-order valence-corrected chi connectivity index (χ0v) is 17.4. The number of rotatable bonds is 4. The van der Waals surface area contributed by atoms with E-state index in [9.17, 15) is 4.79 Å². The second-order valence-corrected chi connectivity index (χ2v) is 9.36. The van der Waals surface area contributed by atoms with Crippen molar-refractivity contribution in [3.05, 3.63) is 58.4 Å². The number of carbonyl (C=O) groups excluding carboxylic acids is 1. The average molecular weight is 407 g/mol. The van der Waals surface area contributed by atoms with Crippen LogP contribution in [-0.2, 0) is 0 Å². The summed E-state index contributed by atoms with van der Waals surface area (Å²) in [5, 5.41) is 6.43. The highest BCUT2D eigenvalue weighted by Crippen LogP contribution is 2.55. The lowest BCUT2D eigenvalue weighted by Gasteiger charge is -2.27. The molecule has 2 aromatic heterocycles. The molecule has 1 aromatic carbocycles. The minimum Gasteiger partial charge on any atom is -0.349 e. The van der Waals surface area contributed by atoms with E-state index >= 15 is 0 Å². The van der Waals surface area contributed by atoms with Gasteiger partial charge in [0.1, 0.15) is 10.7 Å². The SMILES string of the molecule is Cc1nc(C2CC2c2ccc(C(=O)NC3CCCC(N)C3)cc2)c2ccsc2n1. The van der Waals surface area contributed by atoms with Crippen LogP contribution >= 0.6 is 11.3 Å². The standard InChI is InChI=1S/C23H26N4OS/c1-13-25-21(18-9-10-29-23(18)26-13)20-12-19(20)14-5-7-15(8-6-14)22(28)27-17-4-2-3-16(24)11-17/h5-10,16-17,19-20H,2-4,11-12,24H2,1H3,(H,27,28). The number of aryl methyl sites for hydroxylation is 1. The highest BCUT2D eigenvalue weighted by atomic mass is 32.1. The van der Waals surface area contributed by atoms with Crippen LogP contribution in [0.2, 0.25) is 0 Å². The summed E-state index contributed by atoms with van der Waals surface area (Å²) in [6.07, 6.45) is 5.16. The van der Waals surface area contributed by atoms with Crippen LogP contribution in [0.4, 0.5) is 0 Å². The molecule has 0 spiro atoms. The zero-order valence-electron chi connectivity index (χ0n) is 16.6. The number of nitrogens with one attached hydrogen (secondary N) is 1. The first-order valence-electron chi connectivity index (χ1n) is 10.5. The van der Waals surface area contributed by atoms with Gasteiger partial charge in [-0.3, -0.25) is 4.79 Å². The quantitative estimate of drug-likeness (QED) is 0.678. The molecular weight excluding hydrogens is 380 g/mol. The second kappa shape index (κ2) is 7.50. The Kier molecular flexibility index (Phi) is 4.84. The Labute approximate surface area is 174 Å². The van der Waals surface area contributed by atoms with E-state index in [0.717, 1.165) is 48.3 Å². The average Bonchev–Trinajstić information content (AvgIpc) is 3.37. The van der Waals surface area contributed by atoms with Crippen molar-refractivity contribution in [1.82, 2.24) is 15.3 Å². The Morgan fingerprint density at radius 2 is 1.93 bits per heavy atom. The monoisotopic (exact) mass is 406 g/mol. The van der Waals surface area contributed by atoms with Gasteiger partial charge in [0.25, 0.3) is 5.91 Å². The van der Waals surface area contributed by atoms with Crippen molar-refractivity contribution < 1.29 is 4.79 Å². The third-order valence-electron chi connectivity index (χ3n) is 6.26. The number of hydrogen-bond donors (Lipinski definition) is 2. The molecule has 0 bridgehead atoms. The molecule has 0 radical (unpaired) electrons. The molecule has 5 rings (SSSR count). The minimum absolute atomic E-state index is 0.00871. The Morgan fingerprint density at radius 3 is 2.72 bits per heavy atom. The third-order valence-corrected chi connectivity index (χ3v) is 7.07. The predicted octanol–water partition coefficient (Wildman–Crippen LogP) is 4.27. The van der Waals surface area contributed by atoms with E-state index in [1.54, 1.807) is 11.3 Å². The molecule has 150 valence electrons. The Morgan fingerprint density at radius 1 is 1.10 bits per heavy atom. The highest BCUT2D eigenvalue weighted by molar-refractivity contribution is 7.16. The molecule has 4 unspecified atom stereocenters. The number of thiophene rings is 1. The fourth-order valence-corrected chi connectivity index (χ4v) is 5.46. The first-order chi connectivity index (χ1) is 14.1. The summed E-state index contributed by atoms with van der Waals surface area (Å²) in [6, 6.07) is 10.7. The minimum atomic E-state index is 0.00871. The van der Waals surface area contributed by atoms with Gasteiger partial charge in [0.05, 0.1) is 5.69 Å². The first kappa shape index (κ1) is 18.7. The predicted molar refractivity (Wildman–Crippen MR) is 116 cm³/mol. The number of nitrogens with two attached hydrogens (primary N) is 1. The van der Waals surface area contributed by atoms with Crippen LogP contribution in [0.15, 0.2) is 35.7 Å². The number of amides is 1. The number of aromatic nitrogens is 2. The molecule has 2 fully saturated rings. The molecule has 4 atom stereocenters. The normalized spacial score (nSPS) is 26.4. The van der Waals surface area contributed by atoms with E-state index in [4.69, 9.17) is 10.7 Å². The zero-order chi connectivity index (χ0) is 20.0. The van der Waals surface area contributed by atoms with Gasteiger partial charge >= 0.3 is 0 Å². The Hall–Kier alpha value is -2.31. The maximum atomic E-state index is 12.6. The molecule has 2 aliphatic carbocycles. The number of nitrogens with zero attached hydrogens (tertiary/aromatic N) is 2. The summed E-state index contributed by atoms with van der Waals surface area (Å²) in [6.45, 7) is 1.96. The van der Waals surface area contributed by atoms with Gasteiger partial charge in [-0.2, -0.15) is 0 Å². The van der Waals surface area contributed by atoms with Crippen LogP contribution in [0.25, 0.3) is 10.2 Å². The Bertz CT molecular complexity index is 1040. The molecule has 0 saturated heterocycles. The van der Waals surface area contributed by atoms with Crippen molar-refractivity contribution >= 4 is 27.5 Å². The number of benzene rings is 1. The fraction of sp³-hybridized carbons (Fsp3) is 0.435. The molecular formula is C23H26N4OS. The van der Waals surface area contributed by atoms with Crippen molar-refractivity contribution in [2.75, 3.05) is 0 Å². The number of hydrogen-bond acceptors (Lipinski definition) is 5. The lowest BCUT2D eigenvalue weighted by atomic mass is 9.91. The van der Waals surface area contributed by atoms with Crippen LogP contribution in [0.1, 0.15) is 71.4 Å². The summed E-state index contributed by atoms with van der Waals surface area (Å²) >= 11 is 1.67. The van der Waals surface area contributed by atoms with Crippen LogP contribution < -0.4 is 11.1 Å². The van der Waals surface area contributed by atoms with Crippen molar-refractivity contribution in [1.29, 1.82) is 0 Å². The second-order valence-electron chi connectivity index (χ2n) is 8.46. The van der Waals surface area contributed by atoms with E-state index in [1.807, 2.05) is 19.1 Å². The van der Waals surface area contributed by atoms with Crippen LogP contribution in [0.5, 0.6) is 0 Å². The van der Waals surface area contributed by atoms with Crippen molar-refractivity contribution in [3.8, 4) is 0 Å². The number of carbonyl (C=O) groups is 1. The lowest BCUT2D eigenvalue weighted by molar-refractivity contribution is 0.0925. The van der Waals surface area contributed by atoms with Gasteiger partial charge in [-0.25, -0.2) is 9.97 Å². The summed E-state index contributed by atoms with van der Waals surface area (Å²) in [7, 11) is 0. The van der Waals surface area contributed by atoms with Crippen LogP contribution in [0.3, 0.4) is 0 Å². The molecule has 3 aromatic rings. The summed E-state index contributed by atoms with van der Waals surface area (Å²) < 4.78 is 0. The third kappa shape index (κ3) is 3.79.